The maximum absolute atomic E-state index is 12.5. The average Bonchev–Trinajstić information content (AvgIpc) is 3.13. The monoisotopic (exact) mass is 402 g/mol. The van der Waals surface area contributed by atoms with E-state index in [9.17, 15) is 14.4 Å². The van der Waals surface area contributed by atoms with Crippen LogP contribution in [0.5, 0.6) is 5.75 Å². The predicted octanol–water partition coefficient (Wildman–Crippen LogP) is 3.02. The van der Waals surface area contributed by atoms with Gasteiger partial charge in [-0.05, 0) is 36.8 Å². The molecule has 0 spiro atoms. The third kappa shape index (κ3) is 4.61. The standard InChI is InChI=1S/C20H19ClN2O5/c1-13(18(24)23-11-10-22-20(23)26)28-19(25)16-4-2-3-5-17(16)27-12-14-6-8-15(21)9-7-14/h2-9,13H,10-12H2,1H3,(H,22,26). The molecule has 0 aliphatic carbocycles. The number of benzene rings is 2. The minimum Gasteiger partial charge on any atom is -0.488 e. The summed E-state index contributed by atoms with van der Waals surface area (Å²) in [6.45, 7) is 2.31. The summed E-state index contributed by atoms with van der Waals surface area (Å²) in [7, 11) is 0. The molecular formula is C20H19ClN2O5. The van der Waals surface area contributed by atoms with Gasteiger partial charge in [-0.25, -0.2) is 9.59 Å². The van der Waals surface area contributed by atoms with Gasteiger partial charge in [0, 0.05) is 18.1 Å². The molecule has 28 heavy (non-hydrogen) atoms. The van der Waals surface area contributed by atoms with E-state index in [1.165, 1.54) is 6.92 Å². The van der Waals surface area contributed by atoms with Crippen molar-refractivity contribution in [1.29, 1.82) is 0 Å². The van der Waals surface area contributed by atoms with E-state index in [1.54, 1.807) is 36.4 Å². The number of carbonyl (C=O) groups is 3. The van der Waals surface area contributed by atoms with Crippen LogP contribution in [0.2, 0.25) is 5.02 Å². The number of ether oxygens (including phenoxy) is 2. The molecule has 1 heterocycles. The van der Waals surface area contributed by atoms with Gasteiger partial charge in [-0.15, -0.1) is 0 Å². The lowest BCUT2D eigenvalue weighted by atomic mass is 10.2. The van der Waals surface area contributed by atoms with Crippen LogP contribution in [-0.4, -0.2) is 42.0 Å². The Hall–Kier alpha value is -3.06. The lowest BCUT2D eigenvalue weighted by molar-refractivity contribution is -0.136. The molecule has 1 unspecified atom stereocenters. The number of urea groups is 1. The van der Waals surface area contributed by atoms with Crippen molar-refractivity contribution < 1.29 is 23.9 Å². The lowest BCUT2D eigenvalue weighted by Crippen LogP contribution is -2.41. The Morgan fingerprint density at radius 1 is 1.18 bits per heavy atom. The van der Waals surface area contributed by atoms with Gasteiger partial charge in [-0.1, -0.05) is 35.9 Å². The lowest BCUT2D eigenvalue weighted by Gasteiger charge is -2.19. The zero-order chi connectivity index (χ0) is 20.1. The number of rotatable bonds is 6. The fourth-order valence-corrected chi connectivity index (χ4v) is 2.80. The molecule has 0 bridgehead atoms. The molecule has 1 aliphatic heterocycles. The van der Waals surface area contributed by atoms with Crippen LogP contribution < -0.4 is 10.1 Å². The van der Waals surface area contributed by atoms with Crippen molar-refractivity contribution >= 4 is 29.5 Å². The molecule has 0 aromatic heterocycles. The van der Waals surface area contributed by atoms with Gasteiger partial charge in [0.15, 0.2) is 6.10 Å². The van der Waals surface area contributed by atoms with E-state index >= 15 is 0 Å². The number of hydrogen-bond acceptors (Lipinski definition) is 5. The average molecular weight is 403 g/mol. The molecule has 8 heteroatoms. The number of nitrogens with one attached hydrogen (secondary N) is 1. The van der Waals surface area contributed by atoms with Crippen LogP contribution in [0.1, 0.15) is 22.8 Å². The number of esters is 1. The smallest absolute Gasteiger partial charge is 0.342 e. The number of amides is 3. The second-order valence-corrected chi connectivity index (χ2v) is 6.62. The molecule has 1 fully saturated rings. The predicted molar refractivity (Wildman–Crippen MR) is 102 cm³/mol. The Morgan fingerprint density at radius 2 is 1.89 bits per heavy atom. The minimum atomic E-state index is -1.10. The van der Waals surface area contributed by atoms with Crippen LogP contribution in [0.15, 0.2) is 48.5 Å². The summed E-state index contributed by atoms with van der Waals surface area (Å²) in [5, 5.41) is 3.16. The molecule has 3 amide bonds. The van der Waals surface area contributed by atoms with E-state index in [2.05, 4.69) is 5.32 Å². The molecule has 1 saturated heterocycles. The maximum Gasteiger partial charge on any atom is 0.342 e. The van der Waals surface area contributed by atoms with Gasteiger partial charge in [0.05, 0.1) is 0 Å². The van der Waals surface area contributed by atoms with Crippen molar-refractivity contribution in [2.45, 2.75) is 19.6 Å². The third-order valence-corrected chi connectivity index (χ3v) is 4.42. The maximum atomic E-state index is 12.5. The number of para-hydroxylation sites is 1. The quantitative estimate of drug-likeness (QED) is 0.751. The highest BCUT2D eigenvalue weighted by molar-refractivity contribution is 6.30. The largest absolute Gasteiger partial charge is 0.488 e. The number of nitrogens with zero attached hydrogens (tertiary/aromatic N) is 1. The Kier molecular flexibility index (Phi) is 6.16. The molecule has 1 N–H and O–H groups in total. The van der Waals surface area contributed by atoms with Gasteiger partial charge in [0.25, 0.3) is 5.91 Å². The number of carbonyl (C=O) groups excluding carboxylic acids is 3. The number of imide groups is 1. The first-order valence-corrected chi connectivity index (χ1v) is 9.10. The van der Waals surface area contributed by atoms with Crippen LogP contribution in [0.3, 0.4) is 0 Å². The minimum absolute atomic E-state index is 0.196. The second kappa shape index (κ2) is 8.75. The van der Waals surface area contributed by atoms with Crippen molar-refractivity contribution in [2.24, 2.45) is 0 Å². The van der Waals surface area contributed by atoms with E-state index in [4.69, 9.17) is 21.1 Å². The Bertz CT molecular complexity index is 884. The number of hydrogen-bond donors (Lipinski definition) is 1. The summed E-state index contributed by atoms with van der Waals surface area (Å²) >= 11 is 5.87. The normalized spacial score (nSPS) is 14.4. The first-order valence-electron chi connectivity index (χ1n) is 8.72. The van der Waals surface area contributed by atoms with Crippen molar-refractivity contribution in [3.05, 3.63) is 64.7 Å². The van der Waals surface area contributed by atoms with Crippen LogP contribution in [0, 0.1) is 0 Å². The van der Waals surface area contributed by atoms with E-state index in [-0.39, 0.29) is 18.7 Å². The Labute approximate surface area is 167 Å². The molecular weight excluding hydrogens is 384 g/mol. The summed E-state index contributed by atoms with van der Waals surface area (Å²) in [5.41, 5.74) is 1.08. The van der Waals surface area contributed by atoms with E-state index in [1.807, 2.05) is 12.1 Å². The van der Waals surface area contributed by atoms with E-state index in [0.29, 0.717) is 17.3 Å². The zero-order valence-electron chi connectivity index (χ0n) is 15.2. The third-order valence-electron chi connectivity index (χ3n) is 4.17. The van der Waals surface area contributed by atoms with Crippen molar-refractivity contribution in [1.82, 2.24) is 10.2 Å². The van der Waals surface area contributed by atoms with Crippen molar-refractivity contribution in [2.75, 3.05) is 13.1 Å². The van der Waals surface area contributed by atoms with E-state index in [0.717, 1.165) is 10.5 Å². The summed E-state index contributed by atoms with van der Waals surface area (Å²) in [4.78, 5) is 37.5. The molecule has 7 nitrogen and oxygen atoms in total. The SMILES string of the molecule is CC(OC(=O)c1ccccc1OCc1ccc(Cl)cc1)C(=O)N1CCNC1=O. The summed E-state index contributed by atoms with van der Waals surface area (Å²) in [6, 6.07) is 13.3. The van der Waals surface area contributed by atoms with Gasteiger partial charge in [-0.2, -0.15) is 0 Å². The van der Waals surface area contributed by atoms with Crippen molar-refractivity contribution in [3.8, 4) is 5.75 Å². The molecule has 146 valence electrons. The summed E-state index contributed by atoms with van der Waals surface area (Å²) in [6.07, 6.45) is -1.10. The highest BCUT2D eigenvalue weighted by Gasteiger charge is 2.32. The highest BCUT2D eigenvalue weighted by Crippen LogP contribution is 2.22. The van der Waals surface area contributed by atoms with Gasteiger partial charge in [0.2, 0.25) is 0 Å². The van der Waals surface area contributed by atoms with Crippen LogP contribution in [0.25, 0.3) is 0 Å². The first kappa shape index (κ1) is 19.7. The molecule has 2 aromatic carbocycles. The number of halogens is 1. The fraction of sp³-hybridized carbons (Fsp3) is 0.250. The Balaban J connectivity index is 1.65. The fourth-order valence-electron chi connectivity index (χ4n) is 2.68. The Morgan fingerprint density at radius 3 is 2.57 bits per heavy atom. The topological polar surface area (TPSA) is 84.9 Å². The molecule has 1 aliphatic rings. The molecule has 0 radical (unpaired) electrons. The van der Waals surface area contributed by atoms with Crippen LogP contribution in [0.4, 0.5) is 4.79 Å². The van der Waals surface area contributed by atoms with Crippen LogP contribution in [-0.2, 0) is 16.1 Å². The van der Waals surface area contributed by atoms with Crippen molar-refractivity contribution in [3.63, 3.8) is 0 Å². The first-order chi connectivity index (χ1) is 13.5. The molecule has 1 atom stereocenters. The summed E-state index contributed by atoms with van der Waals surface area (Å²) in [5.74, 6) is -0.934. The molecule has 2 aromatic rings. The van der Waals surface area contributed by atoms with Gasteiger partial charge in [-0.3, -0.25) is 9.69 Å². The second-order valence-electron chi connectivity index (χ2n) is 6.18. The molecule has 3 rings (SSSR count). The zero-order valence-corrected chi connectivity index (χ0v) is 15.9. The summed E-state index contributed by atoms with van der Waals surface area (Å²) < 4.78 is 11.0. The van der Waals surface area contributed by atoms with Crippen LogP contribution >= 0.6 is 11.6 Å². The molecule has 0 saturated carbocycles. The highest BCUT2D eigenvalue weighted by atomic mass is 35.5. The van der Waals surface area contributed by atoms with Gasteiger partial charge in [0.1, 0.15) is 17.9 Å². The van der Waals surface area contributed by atoms with Gasteiger partial charge < -0.3 is 14.8 Å². The van der Waals surface area contributed by atoms with Gasteiger partial charge >= 0.3 is 12.0 Å². The van der Waals surface area contributed by atoms with E-state index < -0.39 is 24.0 Å².